The molecule has 4 nitrogen and oxygen atoms in total. The fraction of sp³-hybridized carbons (Fsp3) is 0.667. The topological polar surface area (TPSA) is 50.4 Å². The van der Waals surface area contributed by atoms with Gasteiger partial charge >= 0.3 is 0 Å². The molecule has 2 aliphatic rings. The summed E-state index contributed by atoms with van der Waals surface area (Å²) in [6.45, 7) is 0.590. The molecule has 2 heterocycles. The van der Waals surface area contributed by atoms with E-state index in [-0.39, 0.29) is 0 Å². The number of amidine groups is 1. The maximum atomic E-state index is 5.04. The number of nitrogens with one attached hydrogen (secondary N) is 1. The second kappa shape index (κ2) is 5.12. The Labute approximate surface area is 105 Å². The third-order valence-corrected chi connectivity index (χ3v) is 4.64. The Kier molecular flexibility index (Phi) is 3.36. The number of hydrogen-bond acceptors (Lipinski definition) is 4. The summed E-state index contributed by atoms with van der Waals surface area (Å²) in [5, 5.41) is 8.32. The van der Waals surface area contributed by atoms with Gasteiger partial charge in [-0.2, -0.15) is 0 Å². The highest BCUT2D eigenvalue weighted by Crippen LogP contribution is 2.31. The molecule has 5 heteroatoms. The van der Waals surface area contributed by atoms with E-state index in [4.69, 9.17) is 4.52 Å². The van der Waals surface area contributed by atoms with E-state index in [2.05, 4.69) is 15.5 Å². The first kappa shape index (κ1) is 11.1. The molecular formula is C12H17N3OS. The van der Waals surface area contributed by atoms with Gasteiger partial charge in [0.25, 0.3) is 0 Å². The highest BCUT2D eigenvalue weighted by molar-refractivity contribution is 8.13. The van der Waals surface area contributed by atoms with Crippen molar-refractivity contribution in [3.05, 3.63) is 18.0 Å². The van der Waals surface area contributed by atoms with Crippen molar-refractivity contribution < 1.29 is 4.52 Å². The standard InChI is InChI=1S/C12H17N3OS/c1-2-4-11-9(3-1)8-17-12(15-11)13-7-10-5-6-14-16-10/h5-6,9,11H,1-4,7-8H2,(H,13,15). The minimum atomic E-state index is 0.590. The molecule has 0 aromatic carbocycles. The van der Waals surface area contributed by atoms with Gasteiger partial charge in [0.1, 0.15) is 6.54 Å². The number of fused-ring (bicyclic) bond motifs is 1. The summed E-state index contributed by atoms with van der Waals surface area (Å²) >= 11 is 1.85. The van der Waals surface area contributed by atoms with Gasteiger partial charge in [-0.15, -0.1) is 0 Å². The minimum absolute atomic E-state index is 0.590. The largest absolute Gasteiger partial charge is 0.362 e. The molecule has 92 valence electrons. The smallest absolute Gasteiger partial charge is 0.158 e. The van der Waals surface area contributed by atoms with Crippen LogP contribution in [0.4, 0.5) is 0 Å². The molecule has 2 unspecified atom stereocenters. The van der Waals surface area contributed by atoms with E-state index in [9.17, 15) is 0 Å². The summed E-state index contributed by atoms with van der Waals surface area (Å²) in [5.74, 6) is 2.89. The molecule has 2 atom stereocenters. The van der Waals surface area contributed by atoms with Crippen molar-refractivity contribution in [1.82, 2.24) is 10.5 Å². The molecule has 0 bridgehead atoms. The van der Waals surface area contributed by atoms with Crippen LogP contribution < -0.4 is 5.32 Å². The first-order valence-corrected chi connectivity index (χ1v) is 7.24. The van der Waals surface area contributed by atoms with Crippen LogP contribution in [0.2, 0.25) is 0 Å². The van der Waals surface area contributed by atoms with Crippen LogP contribution in [0.25, 0.3) is 0 Å². The fourth-order valence-electron chi connectivity index (χ4n) is 2.55. The lowest BCUT2D eigenvalue weighted by atomic mass is 9.86. The molecule has 1 saturated carbocycles. The van der Waals surface area contributed by atoms with Crippen LogP contribution in [-0.2, 0) is 6.54 Å². The summed E-state index contributed by atoms with van der Waals surface area (Å²) < 4.78 is 5.04. The molecule has 1 aliphatic carbocycles. The molecule has 1 aromatic heterocycles. The van der Waals surface area contributed by atoms with Crippen molar-refractivity contribution in [3.63, 3.8) is 0 Å². The van der Waals surface area contributed by atoms with Gasteiger partial charge in [-0.1, -0.05) is 29.8 Å². The normalized spacial score (nSPS) is 30.9. The van der Waals surface area contributed by atoms with E-state index in [1.807, 2.05) is 17.8 Å². The van der Waals surface area contributed by atoms with Gasteiger partial charge in [-0.05, 0) is 18.8 Å². The predicted octanol–water partition coefficient (Wildman–Crippen LogP) is 2.43. The number of aromatic nitrogens is 1. The van der Waals surface area contributed by atoms with Crippen molar-refractivity contribution in [2.45, 2.75) is 38.3 Å². The average Bonchev–Trinajstić information content (AvgIpc) is 2.89. The van der Waals surface area contributed by atoms with Crippen LogP contribution in [0.5, 0.6) is 0 Å². The van der Waals surface area contributed by atoms with Gasteiger partial charge in [-0.25, -0.2) is 0 Å². The lowest BCUT2D eigenvalue weighted by molar-refractivity contribution is 0.311. The zero-order valence-corrected chi connectivity index (χ0v) is 10.6. The average molecular weight is 251 g/mol. The Bertz CT molecular complexity index is 390. The maximum Gasteiger partial charge on any atom is 0.158 e. The second-order valence-corrected chi connectivity index (χ2v) is 5.72. The Morgan fingerprint density at radius 2 is 2.41 bits per heavy atom. The highest BCUT2D eigenvalue weighted by Gasteiger charge is 2.30. The summed E-state index contributed by atoms with van der Waals surface area (Å²) in [6.07, 6.45) is 7.09. The first-order valence-electron chi connectivity index (χ1n) is 6.25. The fourth-order valence-corrected chi connectivity index (χ4v) is 3.71. The van der Waals surface area contributed by atoms with E-state index in [0.717, 1.165) is 16.8 Å². The highest BCUT2D eigenvalue weighted by atomic mass is 32.2. The molecule has 1 aliphatic heterocycles. The van der Waals surface area contributed by atoms with Gasteiger partial charge < -0.3 is 9.84 Å². The SMILES string of the molecule is c1cc(CN=C2NC3CCCCC3CS2)on1. The van der Waals surface area contributed by atoms with Crippen molar-refractivity contribution >= 4 is 16.9 Å². The summed E-state index contributed by atoms with van der Waals surface area (Å²) in [4.78, 5) is 4.55. The number of hydrogen-bond donors (Lipinski definition) is 1. The molecular weight excluding hydrogens is 234 g/mol. The van der Waals surface area contributed by atoms with E-state index in [0.29, 0.717) is 12.6 Å². The lowest BCUT2D eigenvalue weighted by Gasteiger charge is -2.36. The van der Waals surface area contributed by atoms with Gasteiger partial charge in [0.05, 0.1) is 6.20 Å². The molecule has 1 N–H and O–H groups in total. The summed E-state index contributed by atoms with van der Waals surface area (Å²) in [7, 11) is 0. The third kappa shape index (κ3) is 2.65. The number of thioether (sulfide) groups is 1. The Hall–Kier alpha value is -0.970. The Morgan fingerprint density at radius 3 is 3.29 bits per heavy atom. The van der Waals surface area contributed by atoms with E-state index in [1.165, 1.54) is 31.4 Å². The van der Waals surface area contributed by atoms with Gasteiger partial charge in [0.15, 0.2) is 10.9 Å². The van der Waals surface area contributed by atoms with Gasteiger partial charge in [0, 0.05) is 17.9 Å². The van der Waals surface area contributed by atoms with E-state index < -0.39 is 0 Å². The maximum absolute atomic E-state index is 5.04. The molecule has 1 aromatic rings. The van der Waals surface area contributed by atoms with E-state index in [1.54, 1.807) is 6.20 Å². The predicted molar refractivity (Wildman–Crippen MR) is 69.0 cm³/mol. The summed E-state index contributed by atoms with van der Waals surface area (Å²) in [5.41, 5.74) is 0. The van der Waals surface area contributed by atoms with Crippen LogP contribution >= 0.6 is 11.8 Å². The summed E-state index contributed by atoms with van der Waals surface area (Å²) in [6, 6.07) is 2.51. The molecule has 2 fully saturated rings. The zero-order valence-electron chi connectivity index (χ0n) is 9.76. The molecule has 0 radical (unpaired) electrons. The molecule has 1 saturated heterocycles. The van der Waals surface area contributed by atoms with Crippen molar-refractivity contribution in [2.75, 3.05) is 5.75 Å². The van der Waals surface area contributed by atoms with Crippen molar-refractivity contribution in [1.29, 1.82) is 0 Å². The van der Waals surface area contributed by atoms with Crippen LogP contribution in [0.3, 0.4) is 0 Å². The molecule has 0 amide bonds. The Balaban J connectivity index is 1.59. The molecule has 17 heavy (non-hydrogen) atoms. The van der Waals surface area contributed by atoms with Crippen LogP contribution in [-0.4, -0.2) is 22.1 Å². The van der Waals surface area contributed by atoms with Crippen LogP contribution in [0.1, 0.15) is 31.4 Å². The zero-order chi connectivity index (χ0) is 11.5. The number of nitrogens with zero attached hydrogens (tertiary/aromatic N) is 2. The lowest BCUT2D eigenvalue weighted by Crippen LogP contribution is -2.46. The third-order valence-electron chi connectivity index (χ3n) is 3.52. The van der Waals surface area contributed by atoms with Crippen molar-refractivity contribution in [3.8, 4) is 0 Å². The number of rotatable bonds is 2. The van der Waals surface area contributed by atoms with Gasteiger partial charge in [-0.3, -0.25) is 4.99 Å². The van der Waals surface area contributed by atoms with Gasteiger partial charge in [0.2, 0.25) is 0 Å². The van der Waals surface area contributed by atoms with Crippen molar-refractivity contribution in [2.24, 2.45) is 10.9 Å². The first-order chi connectivity index (χ1) is 8.42. The molecule has 3 rings (SSSR count). The van der Waals surface area contributed by atoms with E-state index >= 15 is 0 Å². The minimum Gasteiger partial charge on any atom is -0.362 e. The van der Waals surface area contributed by atoms with Crippen LogP contribution in [0, 0.1) is 5.92 Å². The quantitative estimate of drug-likeness (QED) is 0.877. The Morgan fingerprint density at radius 1 is 1.47 bits per heavy atom. The van der Waals surface area contributed by atoms with Crippen LogP contribution in [0.15, 0.2) is 21.8 Å². The second-order valence-electron chi connectivity index (χ2n) is 4.71. The number of aliphatic imine (C=N–C) groups is 1. The monoisotopic (exact) mass is 251 g/mol. The molecule has 0 spiro atoms.